The van der Waals surface area contributed by atoms with E-state index in [9.17, 15) is 4.79 Å². The molecule has 0 aliphatic carbocycles. The molecule has 8 nitrogen and oxygen atoms in total. The lowest BCUT2D eigenvalue weighted by Gasteiger charge is -2.36. The van der Waals surface area contributed by atoms with E-state index in [0.717, 1.165) is 0 Å². The Labute approximate surface area is 136 Å². The minimum absolute atomic E-state index is 0.288. The molecule has 128 valence electrons. The molecule has 1 aliphatic heterocycles. The SMILES string of the molecule is COc1ncnc(N2CCN(C(=O)OC(C)(C)C)CC2)c1OC. The summed E-state index contributed by atoms with van der Waals surface area (Å²) in [7, 11) is 3.09. The number of rotatable bonds is 3. The van der Waals surface area contributed by atoms with Gasteiger partial charge in [0.15, 0.2) is 5.82 Å². The van der Waals surface area contributed by atoms with Crippen LogP contribution >= 0.6 is 0 Å². The van der Waals surface area contributed by atoms with Gasteiger partial charge in [-0.25, -0.2) is 9.78 Å². The van der Waals surface area contributed by atoms with Gasteiger partial charge in [0.2, 0.25) is 5.75 Å². The molecule has 8 heteroatoms. The molecule has 0 spiro atoms. The van der Waals surface area contributed by atoms with Crippen LogP contribution in [0.3, 0.4) is 0 Å². The zero-order valence-electron chi connectivity index (χ0n) is 14.3. The van der Waals surface area contributed by atoms with Crippen molar-refractivity contribution in [3.05, 3.63) is 6.33 Å². The number of carbonyl (C=O) groups excluding carboxylic acids is 1. The molecule has 0 saturated carbocycles. The van der Waals surface area contributed by atoms with Gasteiger partial charge in [-0.1, -0.05) is 0 Å². The fourth-order valence-corrected chi connectivity index (χ4v) is 2.33. The van der Waals surface area contributed by atoms with Crippen molar-refractivity contribution in [3.8, 4) is 11.6 Å². The molecular weight excluding hydrogens is 300 g/mol. The third-order valence-corrected chi connectivity index (χ3v) is 3.38. The number of piperazine rings is 1. The molecule has 1 amide bonds. The summed E-state index contributed by atoms with van der Waals surface area (Å²) in [5.41, 5.74) is -0.489. The van der Waals surface area contributed by atoms with Crippen molar-refractivity contribution in [2.75, 3.05) is 45.3 Å². The van der Waals surface area contributed by atoms with E-state index in [0.29, 0.717) is 43.6 Å². The van der Waals surface area contributed by atoms with Crippen molar-refractivity contribution in [3.63, 3.8) is 0 Å². The highest BCUT2D eigenvalue weighted by molar-refractivity contribution is 5.69. The lowest BCUT2D eigenvalue weighted by Crippen LogP contribution is -2.50. The Balaban J connectivity index is 2.04. The fraction of sp³-hybridized carbons (Fsp3) is 0.667. The van der Waals surface area contributed by atoms with Gasteiger partial charge < -0.3 is 24.0 Å². The summed E-state index contributed by atoms with van der Waals surface area (Å²) >= 11 is 0. The average Bonchev–Trinajstić information content (AvgIpc) is 2.52. The standard InChI is InChI=1S/C15H24N4O4/c1-15(2,3)23-14(20)19-8-6-18(7-9-19)12-11(21-4)13(22-5)17-10-16-12/h10H,6-9H2,1-5H3. The molecule has 1 fully saturated rings. The van der Waals surface area contributed by atoms with Gasteiger partial charge in [0.1, 0.15) is 11.9 Å². The molecule has 0 atom stereocenters. The van der Waals surface area contributed by atoms with E-state index in [1.165, 1.54) is 13.4 Å². The van der Waals surface area contributed by atoms with Crippen molar-refractivity contribution in [2.45, 2.75) is 26.4 Å². The Morgan fingerprint density at radius 1 is 1.09 bits per heavy atom. The topological polar surface area (TPSA) is 77.0 Å². The van der Waals surface area contributed by atoms with Crippen LogP contribution in [0.4, 0.5) is 10.6 Å². The van der Waals surface area contributed by atoms with Crippen molar-refractivity contribution >= 4 is 11.9 Å². The van der Waals surface area contributed by atoms with Crippen LogP contribution in [0.2, 0.25) is 0 Å². The molecule has 1 saturated heterocycles. The summed E-state index contributed by atoms with van der Waals surface area (Å²) in [5.74, 6) is 1.57. The quantitative estimate of drug-likeness (QED) is 0.835. The first kappa shape index (κ1) is 17.1. The van der Waals surface area contributed by atoms with E-state index in [1.807, 2.05) is 25.7 Å². The van der Waals surface area contributed by atoms with Gasteiger partial charge in [0.25, 0.3) is 5.88 Å². The van der Waals surface area contributed by atoms with Crippen LogP contribution in [0.1, 0.15) is 20.8 Å². The van der Waals surface area contributed by atoms with Gasteiger partial charge in [-0.05, 0) is 20.8 Å². The molecule has 0 bridgehead atoms. The third-order valence-electron chi connectivity index (χ3n) is 3.38. The minimum atomic E-state index is -0.489. The van der Waals surface area contributed by atoms with Gasteiger partial charge >= 0.3 is 6.09 Å². The zero-order valence-corrected chi connectivity index (χ0v) is 14.3. The number of methoxy groups -OCH3 is 2. The number of carbonyl (C=O) groups is 1. The second-order valence-corrected chi connectivity index (χ2v) is 6.19. The number of nitrogens with zero attached hydrogens (tertiary/aromatic N) is 4. The van der Waals surface area contributed by atoms with E-state index in [4.69, 9.17) is 14.2 Å². The molecule has 0 radical (unpaired) electrons. The summed E-state index contributed by atoms with van der Waals surface area (Å²) in [5, 5.41) is 0. The third kappa shape index (κ3) is 4.14. The second kappa shape index (κ2) is 6.89. The van der Waals surface area contributed by atoms with E-state index < -0.39 is 5.60 Å². The summed E-state index contributed by atoms with van der Waals surface area (Å²) < 4.78 is 16.0. The minimum Gasteiger partial charge on any atom is -0.489 e. The first-order chi connectivity index (χ1) is 10.9. The molecule has 1 aromatic rings. The maximum atomic E-state index is 12.1. The zero-order chi connectivity index (χ0) is 17.0. The Hall–Kier alpha value is -2.25. The van der Waals surface area contributed by atoms with Gasteiger partial charge in [0.05, 0.1) is 14.2 Å². The summed E-state index contributed by atoms with van der Waals surface area (Å²) in [6.45, 7) is 7.97. The molecule has 1 aliphatic rings. The van der Waals surface area contributed by atoms with Crippen molar-refractivity contribution < 1.29 is 19.0 Å². The van der Waals surface area contributed by atoms with E-state index in [-0.39, 0.29) is 6.09 Å². The molecule has 0 unspecified atom stereocenters. The number of ether oxygens (including phenoxy) is 3. The van der Waals surface area contributed by atoms with Crippen LogP contribution < -0.4 is 14.4 Å². The first-order valence-electron chi connectivity index (χ1n) is 7.51. The molecule has 2 rings (SSSR count). The number of hydrogen-bond donors (Lipinski definition) is 0. The number of anilines is 1. The summed E-state index contributed by atoms with van der Waals surface area (Å²) in [6, 6.07) is 0. The van der Waals surface area contributed by atoms with Gasteiger partial charge in [0, 0.05) is 26.2 Å². The maximum Gasteiger partial charge on any atom is 0.410 e. The second-order valence-electron chi connectivity index (χ2n) is 6.19. The predicted molar refractivity (Wildman–Crippen MR) is 85.2 cm³/mol. The van der Waals surface area contributed by atoms with Crippen molar-refractivity contribution in [1.82, 2.24) is 14.9 Å². The summed E-state index contributed by atoms with van der Waals surface area (Å²) in [4.78, 5) is 24.2. The monoisotopic (exact) mass is 324 g/mol. The molecule has 1 aromatic heterocycles. The number of amides is 1. The highest BCUT2D eigenvalue weighted by atomic mass is 16.6. The predicted octanol–water partition coefficient (Wildman–Crippen LogP) is 1.55. The smallest absolute Gasteiger partial charge is 0.410 e. The van der Waals surface area contributed by atoms with Gasteiger partial charge in [-0.15, -0.1) is 0 Å². The Morgan fingerprint density at radius 3 is 2.26 bits per heavy atom. The Morgan fingerprint density at radius 2 is 1.74 bits per heavy atom. The van der Waals surface area contributed by atoms with Crippen LogP contribution in [0.5, 0.6) is 11.6 Å². The van der Waals surface area contributed by atoms with Crippen LogP contribution in [-0.4, -0.2) is 67.0 Å². The summed E-state index contributed by atoms with van der Waals surface area (Å²) in [6.07, 6.45) is 1.15. The van der Waals surface area contributed by atoms with Crippen LogP contribution in [0.25, 0.3) is 0 Å². The van der Waals surface area contributed by atoms with E-state index in [2.05, 4.69) is 9.97 Å². The Bertz CT molecular complexity index is 551. The van der Waals surface area contributed by atoms with Gasteiger partial charge in [-0.3, -0.25) is 0 Å². The van der Waals surface area contributed by atoms with Crippen LogP contribution in [0.15, 0.2) is 6.33 Å². The van der Waals surface area contributed by atoms with E-state index >= 15 is 0 Å². The highest BCUT2D eigenvalue weighted by Gasteiger charge is 2.28. The van der Waals surface area contributed by atoms with Crippen molar-refractivity contribution in [1.29, 1.82) is 0 Å². The molecule has 23 heavy (non-hydrogen) atoms. The number of aromatic nitrogens is 2. The van der Waals surface area contributed by atoms with Crippen molar-refractivity contribution in [2.24, 2.45) is 0 Å². The normalized spacial score (nSPS) is 15.3. The first-order valence-corrected chi connectivity index (χ1v) is 7.51. The Kier molecular flexibility index (Phi) is 5.12. The average molecular weight is 324 g/mol. The van der Waals surface area contributed by atoms with Crippen LogP contribution in [-0.2, 0) is 4.74 Å². The maximum absolute atomic E-state index is 12.1. The fourth-order valence-electron chi connectivity index (χ4n) is 2.33. The highest BCUT2D eigenvalue weighted by Crippen LogP contribution is 2.33. The molecule has 0 aromatic carbocycles. The largest absolute Gasteiger partial charge is 0.489 e. The molecule has 2 heterocycles. The molecule has 0 N–H and O–H groups in total. The lowest BCUT2D eigenvalue weighted by molar-refractivity contribution is 0.0240. The molecular formula is C15H24N4O4. The van der Waals surface area contributed by atoms with E-state index in [1.54, 1.807) is 12.0 Å². The number of hydrogen-bond acceptors (Lipinski definition) is 7. The van der Waals surface area contributed by atoms with Crippen LogP contribution in [0, 0.1) is 0 Å². The lowest BCUT2D eigenvalue weighted by atomic mass is 10.2. The van der Waals surface area contributed by atoms with Gasteiger partial charge in [-0.2, -0.15) is 4.98 Å².